The molecule has 6 heteroatoms. The van der Waals surface area contributed by atoms with Gasteiger partial charge in [0.15, 0.2) is 0 Å². The molecular formula is C20H24N2O4. The third-order valence-electron chi connectivity index (χ3n) is 6.72. The lowest BCUT2D eigenvalue weighted by Crippen LogP contribution is -2.73. The van der Waals surface area contributed by atoms with Crippen molar-refractivity contribution in [1.82, 2.24) is 4.90 Å². The van der Waals surface area contributed by atoms with Crippen molar-refractivity contribution >= 4 is 11.7 Å². The van der Waals surface area contributed by atoms with Gasteiger partial charge in [0.25, 0.3) is 5.91 Å². The molecule has 1 aromatic carbocycles. The number of primary amides is 1. The summed E-state index contributed by atoms with van der Waals surface area (Å²) >= 11 is 0. The number of nitrogens with two attached hydrogens (primary N) is 1. The predicted octanol–water partition coefficient (Wildman–Crippen LogP) is 1.03. The normalized spacial score (nSPS) is 33.3. The number of Topliss-reactive ketones (excluding diaryl/α,β-unsaturated/α-hetero) is 1. The summed E-state index contributed by atoms with van der Waals surface area (Å²) in [6, 6.07) is 3.20. The highest BCUT2D eigenvalue weighted by atomic mass is 16.3. The standard InChI is InChI=1S/C20H24N2O4/c1-2-8-22-9-7-19-11-13(23)5-6-20(19,26)15(22)10-12-3-4-14(18(21)25)17(24)16(12)19/h2-4,15,24,26H,1,5-11H2,(H2,21,25)/t15-,19?,20-/m1/s1. The van der Waals surface area contributed by atoms with E-state index in [1.165, 1.54) is 6.07 Å². The van der Waals surface area contributed by atoms with Gasteiger partial charge in [0.2, 0.25) is 0 Å². The van der Waals surface area contributed by atoms with Gasteiger partial charge in [-0.3, -0.25) is 14.5 Å². The van der Waals surface area contributed by atoms with Crippen molar-refractivity contribution < 1.29 is 19.8 Å². The second-order valence-corrected chi connectivity index (χ2v) is 7.84. The summed E-state index contributed by atoms with van der Waals surface area (Å²) in [7, 11) is 0. The van der Waals surface area contributed by atoms with E-state index in [0.29, 0.717) is 44.3 Å². The van der Waals surface area contributed by atoms with E-state index in [1.54, 1.807) is 6.07 Å². The summed E-state index contributed by atoms with van der Waals surface area (Å²) in [5.41, 5.74) is 4.91. The number of carbonyl (C=O) groups excluding carboxylic acids is 2. The highest BCUT2D eigenvalue weighted by molar-refractivity contribution is 5.96. The molecule has 2 fully saturated rings. The van der Waals surface area contributed by atoms with Gasteiger partial charge in [-0.2, -0.15) is 0 Å². The second-order valence-electron chi connectivity index (χ2n) is 7.84. The molecule has 4 N–H and O–H groups in total. The van der Waals surface area contributed by atoms with Crippen molar-refractivity contribution in [1.29, 1.82) is 0 Å². The van der Waals surface area contributed by atoms with E-state index in [-0.39, 0.29) is 29.6 Å². The maximum absolute atomic E-state index is 12.4. The van der Waals surface area contributed by atoms with Crippen LogP contribution in [0.25, 0.3) is 0 Å². The first-order valence-electron chi connectivity index (χ1n) is 9.08. The molecule has 2 bridgehead atoms. The first-order valence-corrected chi connectivity index (χ1v) is 9.08. The number of aliphatic hydroxyl groups is 1. The summed E-state index contributed by atoms with van der Waals surface area (Å²) in [5, 5.41) is 22.7. The molecule has 4 rings (SSSR count). The van der Waals surface area contributed by atoms with Crippen LogP contribution < -0.4 is 5.73 Å². The second kappa shape index (κ2) is 5.66. The Morgan fingerprint density at radius 1 is 1.42 bits per heavy atom. The van der Waals surface area contributed by atoms with Gasteiger partial charge in [-0.25, -0.2) is 0 Å². The summed E-state index contributed by atoms with van der Waals surface area (Å²) < 4.78 is 0. The molecule has 138 valence electrons. The molecule has 1 heterocycles. The van der Waals surface area contributed by atoms with Gasteiger partial charge in [-0.15, -0.1) is 6.58 Å². The molecule has 2 aliphatic carbocycles. The van der Waals surface area contributed by atoms with Gasteiger partial charge in [0.1, 0.15) is 11.5 Å². The predicted molar refractivity (Wildman–Crippen MR) is 96.0 cm³/mol. The lowest BCUT2D eigenvalue weighted by molar-refractivity contribution is -0.171. The average molecular weight is 356 g/mol. The van der Waals surface area contributed by atoms with Crippen molar-refractivity contribution in [3.63, 3.8) is 0 Å². The number of rotatable bonds is 3. The average Bonchev–Trinajstić information content (AvgIpc) is 2.57. The fraction of sp³-hybridized carbons (Fsp3) is 0.500. The molecule has 3 atom stereocenters. The van der Waals surface area contributed by atoms with Crippen LogP contribution >= 0.6 is 0 Å². The van der Waals surface area contributed by atoms with Gasteiger partial charge < -0.3 is 15.9 Å². The van der Waals surface area contributed by atoms with Crippen LogP contribution in [-0.4, -0.2) is 51.5 Å². The molecule has 0 radical (unpaired) electrons. The number of fused-ring (bicyclic) bond motifs is 1. The number of aromatic hydroxyl groups is 1. The van der Waals surface area contributed by atoms with Crippen molar-refractivity contribution in [3.8, 4) is 5.75 Å². The van der Waals surface area contributed by atoms with Crippen LogP contribution in [0.1, 0.15) is 47.2 Å². The molecule has 26 heavy (non-hydrogen) atoms. The van der Waals surface area contributed by atoms with Gasteiger partial charge in [0.05, 0.1) is 11.2 Å². The summed E-state index contributed by atoms with van der Waals surface area (Å²) in [4.78, 5) is 26.3. The number of carbonyl (C=O) groups is 2. The zero-order valence-electron chi connectivity index (χ0n) is 14.7. The quantitative estimate of drug-likeness (QED) is 0.702. The number of ketones is 1. The fourth-order valence-corrected chi connectivity index (χ4v) is 5.59. The van der Waals surface area contributed by atoms with Crippen LogP contribution in [0, 0.1) is 0 Å². The minimum atomic E-state index is -1.12. The van der Waals surface area contributed by atoms with Gasteiger partial charge in [-0.05, 0) is 37.4 Å². The first-order chi connectivity index (χ1) is 12.3. The zero-order valence-corrected chi connectivity index (χ0v) is 14.7. The topological polar surface area (TPSA) is 104 Å². The molecule has 0 aromatic heterocycles. The van der Waals surface area contributed by atoms with Gasteiger partial charge in [-0.1, -0.05) is 12.1 Å². The van der Waals surface area contributed by atoms with Gasteiger partial charge >= 0.3 is 0 Å². The molecule has 1 unspecified atom stereocenters. The number of phenols is 1. The smallest absolute Gasteiger partial charge is 0.252 e. The molecule has 1 saturated carbocycles. The van der Waals surface area contributed by atoms with Crippen LogP contribution in [0.5, 0.6) is 5.75 Å². The molecule has 1 aliphatic heterocycles. The number of hydrogen-bond donors (Lipinski definition) is 3. The van der Waals surface area contributed by atoms with Crippen LogP contribution in [0.4, 0.5) is 0 Å². The van der Waals surface area contributed by atoms with Crippen LogP contribution in [0.3, 0.4) is 0 Å². The molecule has 3 aliphatic rings. The third-order valence-corrected chi connectivity index (χ3v) is 6.72. The molecular weight excluding hydrogens is 332 g/mol. The molecule has 1 aromatic rings. The Kier molecular flexibility index (Phi) is 3.75. The van der Waals surface area contributed by atoms with E-state index < -0.39 is 16.9 Å². The maximum Gasteiger partial charge on any atom is 0.252 e. The largest absolute Gasteiger partial charge is 0.507 e. The number of hydrogen-bond acceptors (Lipinski definition) is 5. The molecule has 1 amide bonds. The van der Waals surface area contributed by atoms with E-state index in [0.717, 1.165) is 5.56 Å². The zero-order chi connectivity index (χ0) is 18.7. The summed E-state index contributed by atoms with van der Waals surface area (Å²) in [5.74, 6) is -0.792. The Hall–Kier alpha value is -2.18. The van der Waals surface area contributed by atoms with Crippen molar-refractivity contribution in [2.45, 2.75) is 49.2 Å². The van der Waals surface area contributed by atoms with Crippen LogP contribution in [0.2, 0.25) is 0 Å². The highest BCUT2D eigenvalue weighted by Crippen LogP contribution is 2.59. The Morgan fingerprint density at radius 2 is 2.19 bits per heavy atom. The fourth-order valence-electron chi connectivity index (χ4n) is 5.59. The molecule has 6 nitrogen and oxygen atoms in total. The number of nitrogens with zero attached hydrogens (tertiary/aromatic N) is 1. The Balaban J connectivity index is 1.97. The highest BCUT2D eigenvalue weighted by Gasteiger charge is 2.65. The molecule has 1 saturated heterocycles. The summed E-state index contributed by atoms with van der Waals surface area (Å²) in [6.07, 6.45) is 3.81. The van der Waals surface area contributed by atoms with E-state index >= 15 is 0 Å². The third kappa shape index (κ3) is 2.06. The lowest BCUT2D eigenvalue weighted by Gasteiger charge is -2.63. The van der Waals surface area contributed by atoms with E-state index in [9.17, 15) is 19.8 Å². The molecule has 0 spiro atoms. The Bertz CT molecular complexity index is 820. The van der Waals surface area contributed by atoms with Crippen molar-refractivity contribution in [2.75, 3.05) is 13.1 Å². The minimum Gasteiger partial charge on any atom is -0.507 e. The Morgan fingerprint density at radius 3 is 2.88 bits per heavy atom. The van der Waals surface area contributed by atoms with Gasteiger partial charge in [0, 0.05) is 36.4 Å². The monoisotopic (exact) mass is 356 g/mol. The first kappa shape index (κ1) is 17.2. The maximum atomic E-state index is 12.4. The van der Waals surface area contributed by atoms with E-state index in [4.69, 9.17) is 5.73 Å². The SMILES string of the molecule is C=CCN1CCC23CC(=O)CC[C@@]2(O)[C@H]1Cc1ccc(C(N)=O)c(O)c13. The van der Waals surface area contributed by atoms with Crippen LogP contribution in [0.15, 0.2) is 24.8 Å². The minimum absolute atomic E-state index is 0.0467. The van der Waals surface area contributed by atoms with Crippen molar-refractivity contribution in [2.24, 2.45) is 5.73 Å². The number of benzene rings is 1. The van der Waals surface area contributed by atoms with Crippen LogP contribution in [-0.2, 0) is 16.6 Å². The Labute approximate surface area is 152 Å². The summed E-state index contributed by atoms with van der Waals surface area (Å²) in [6.45, 7) is 5.18. The number of amides is 1. The van der Waals surface area contributed by atoms with E-state index in [2.05, 4.69) is 11.5 Å². The number of piperidine rings is 1. The number of likely N-dealkylation sites (tertiary alicyclic amines) is 1. The van der Waals surface area contributed by atoms with E-state index in [1.807, 2.05) is 6.08 Å². The lowest BCUT2D eigenvalue weighted by atomic mass is 9.49. The van der Waals surface area contributed by atoms with Crippen molar-refractivity contribution in [3.05, 3.63) is 41.5 Å².